The van der Waals surface area contributed by atoms with Crippen molar-refractivity contribution in [2.45, 2.75) is 19.1 Å². The van der Waals surface area contributed by atoms with Crippen LogP contribution in [-0.2, 0) is 19.1 Å². The van der Waals surface area contributed by atoms with Crippen LogP contribution in [0.3, 0.4) is 0 Å². The molecule has 0 radical (unpaired) electrons. The molecule has 0 aliphatic carbocycles. The standard InChI is InChI=1S/C14H13F3N4O2/c1-23-13-9(14(15,16)17)4-7(5-19-13)11-20-10-2-3-18-6-8(10)12(22)21-11/h4-5,18H,2-3,6H2,1H3,(H,20,21,22). The van der Waals surface area contributed by atoms with Crippen LogP contribution in [0.15, 0.2) is 17.1 Å². The summed E-state index contributed by atoms with van der Waals surface area (Å²) in [4.78, 5) is 22.5. The van der Waals surface area contributed by atoms with Gasteiger partial charge in [0.1, 0.15) is 11.4 Å². The molecule has 3 heterocycles. The highest BCUT2D eigenvalue weighted by molar-refractivity contribution is 5.57. The monoisotopic (exact) mass is 326 g/mol. The maximum Gasteiger partial charge on any atom is 0.421 e. The summed E-state index contributed by atoms with van der Waals surface area (Å²) in [5, 5.41) is 3.05. The first-order valence-corrected chi connectivity index (χ1v) is 6.84. The number of pyridine rings is 1. The summed E-state index contributed by atoms with van der Waals surface area (Å²) >= 11 is 0. The second-order valence-corrected chi connectivity index (χ2v) is 5.05. The highest BCUT2D eigenvalue weighted by atomic mass is 19.4. The first kappa shape index (κ1) is 15.5. The van der Waals surface area contributed by atoms with Crippen molar-refractivity contribution in [3.8, 4) is 17.3 Å². The first-order valence-electron chi connectivity index (χ1n) is 6.84. The Labute approximate surface area is 128 Å². The fourth-order valence-corrected chi connectivity index (χ4v) is 2.44. The molecule has 1 aliphatic rings. The molecule has 2 N–H and O–H groups in total. The van der Waals surface area contributed by atoms with Gasteiger partial charge >= 0.3 is 6.18 Å². The van der Waals surface area contributed by atoms with Crippen LogP contribution in [0.1, 0.15) is 16.8 Å². The smallest absolute Gasteiger partial charge is 0.421 e. The number of ether oxygens (including phenoxy) is 1. The lowest BCUT2D eigenvalue weighted by atomic mass is 10.1. The van der Waals surface area contributed by atoms with Crippen molar-refractivity contribution in [2.75, 3.05) is 13.7 Å². The van der Waals surface area contributed by atoms with Gasteiger partial charge in [-0.2, -0.15) is 13.2 Å². The highest BCUT2D eigenvalue weighted by Crippen LogP contribution is 2.36. The van der Waals surface area contributed by atoms with Crippen LogP contribution in [0.4, 0.5) is 13.2 Å². The molecule has 6 nitrogen and oxygen atoms in total. The van der Waals surface area contributed by atoms with E-state index in [0.29, 0.717) is 30.8 Å². The second-order valence-electron chi connectivity index (χ2n) is 5.05. The van der Waals surface area contributed by atoms with Crippen molar-refractivity contribution < 1.29 is 17.9 Å². The van der Waals surface area contributed by atoms with Gasteiger partial charge in [0.15, 0.2) is 0 Å². The Morgan fingerprint density at radius 1 is 1.35 bits per heavy atom. The molecule has 3 rings (SSSR count). The van der Waals surface area contributed by atoms with Gasteiger partial charge in [0.05, 0.1) is 18.4 Å². The molecule has 0 unspecified atom stereocenters. The van der Waals surface area contributed by atoms with E-state index in [0.717, 1.165) is 13.2 Å². The van der Waals surface area contributed by atoms with Gasteiger partial charge < -0.3 is 15.0 Å². The SMILES string of the molecule is COc1ncc(-c2nc3c(c(=O)[nH]2)CNCC3)cc1C(F)(F)F. The average Bonchev–Trinajstić information content (AvgIpc) is 2.53. The number of H-pyrrole nitrogens is 1. The molecule has 0 saturated heterocycles. The molecule has 0 aromatic carbocycles. The average molecular weight is 326 g/mol. The Morgan fingerprint density at radius 2 is 2.13 bits per heavy atom. The molecular weight excluding hydrogens is 313 g/mol. The number of rotatable bonds is 2. The van der Waals surface area contributed by atoms with E-state index < -0.39 is 17.6 Å². The summed E-state index contributed by atoms with van der Waals surface area (Å²) < 4.78 is 43.8. The largest absolute Gasteiger partial charge is 0.481 e. The van der Waals surface area contributed by atoms with Crippen LogP contribution in [0.25, 0.3) is 11.4 Å². The third kappa shape index (κ3) is 2.91. The number of hydrogen-bond acceptors (Lipinski definition) is 5. The van der Waals surface area contributed by atoms with Crippen molar-refractivity contribution >= 4 is 0 Å². The van der Waals surface area contributed by atoms with Crippen molar-refractivity contribution in [2.24, 2.45) is 0 Å². The number of alkyl halides is 3. The maximum atomic E-state index is 13.1. The van der Waals surface area contributed by atoms with Crippen molar-refractivity contribution in [1.29, 1.82) is 0 Å². The van der Waals surface area contributed by atoms with E-state index in [1.165, 1.54) is 6.20 Å². The van der Waals surface area contributed by atoms with Gasteiger partial charge in [-0.3, -0.25) is 4.79 Å². The van der Waals surface area contributed by atoms with Gasteiger partial charge in [-0.1, -0.05) is 0 Å². The maximum absolute atomic E-state index is 13.1. The lowest BCUT2D eigenvalue weighted by Gasteiger charge is -2.16. The second kappa shape index (κ2) is 5.65. The van der Waals surface area contributed by atoms with Crippen LogP contribution >= 0.6 is 0 Å². The fraction of sp³-hybridized carbons (Fsp3) is 0.357. The molecule has 122 valence electrons. The Kier molecular flexibility index (Phi) is 3.80. The number of nitrogens with zero attached hydrogens (tertiary/aromatic N) is 2. The number of methoxy groups -OCH3 is 1. The van der Waals surface area contributed by atoms with E-state index >= 15 is 0 Å². The van der Waals surface area contributed by atoms with Crippen LogP contribution in [0.5, 0.6) is 5.88 Å². The molecule has 0 fully saturated rings. The predicted molar refractivity (Wildman–Crippen MR) is 75.1 cm³/mol. The minimum Gasteiger partial charge on any atom is -0.481 e. The Morgan fingerprint density at radius 3 is 2.83 bits per heavy atom. The minimum atomic E-state index is -4.62. The molecule has 0 saturated carbocycles. The predicted octanol–water partition coefficient (Wildman–Crippen LogP) is 1.50. The fourth-order valence-electron chi connectivity index (χ4n) is 2.44. The lowest BCUT2D eigenvalue weighted by molar-refractivity contribution is -0.139. The van der Waals surface area contributed by atoms with E-state index in [1.54, 1.807) is 0 Å². The van der Waals surface area contributed by atoms with Crippen molar-refractivity contribution in [3.63, 3.8) is 0 Å². The molecule has 0 amide bonds. The molecular formula is C14H13F3N4O2. The molecule has 2 aromatic heterocycles. The van der Waals surface area contributed by atoms with Gasteiger partial charge in [0.25, 0.3) is 5.56 Å². The van der Waals surface area contributed by atoms with E-state index in [2.05, 4.69) is 25.0 Å². The summed E-state index contributed by atoms with van der Waals surface area (Å²) in [6.07, 6.45) is -2.88. The van der Waals surface area contributed by atoms with E-state index in [-0.39, 0.29) is 16.9 Å². The van der Waals surface area contributed by atoms with Crippen LogP contribution in [0.2, 0.25) is 0 Å². The molecule has 0 spiro atoms. The molecule has 1 aliphatic heterocycles. The van der Waals surface area contributed by atoms with E-state index in [4.69, 9.17) is 0 Å². The number of nitrogens with one attached hydrogen (secondary N) is 2. The van der Waals surface area contributed by atoms with Gasteiger partial charge in [-0.25, -0.2) is 9.97 Å². The van der Waals surface area contributed by atoms with Crippen molar-refractivity contribution in [3.05, 3.63) is 39.4 Å². The summed E-state index contributed by atoms with van der Waals surface area (Å²) in [6.45, 7) is 1.06. The van der Waals surface area contributed by atoms with E-state index in [9.17, 15) is 18.0 Å². The molecule has 0 atom stereocenters. The highest BCUT2D eigenvalue weighted by Gasteiger charge is 2.35. The topological polar surface area (TPSA) is 79.9 Å². The third-order valence-corrected chi connectivity index (χ3v) is 3.56. The number of aromatic amines is 1. The van der Waals surface area contributed by atoms with Crippen LogP contribution in [-0.4, -0.2) is 28.6 Å². The Bertz CT molecular complexity index is 802. The zero-order chi connectivity index (χ0) is 16.6. The Hall–Kier alpha value is -2.42. The zero-order valence-electron chi connectivity index (χ0n) is 12.1. The van der Waals surface area contributed by atoms with Crippen LogP contribution < -0.4 is 15.6 Å². The van der Waals surface area contributed by atoms with Gasteiger partial charge in [-0.05, 0) is 6.07 Å². The number of aromatic nitrogens is 3. The van der Waals surface area contributed by atoms with Crippen molar-refractivity contribution in [1.82, 2.24) is 20.3 Å². The van der Waals surface area contributed by atoms with Gasteiger partial charge in [0, 0.05) is 31.3 Å². The minimum absolute atomic E-state index is 0.0660. The lowest BCUT2D eigenvalue weighted by Crippen LogP contribution is -2.31. The van der Waals surface area contributed by atoms with E-state index in [1.807, 2.05) is 0 Å². The summed E-state index contributed by atoms with van der Waals surface area (Å²) in [6, 6.07) is 0.873. The summed E-state index contributed by atoms with van der Waals surface area (Å²) in [7, 11) is 1.11. The van der Waals surface area contributed by atoms with Gasteiger partial charge in [0.2, 0.25) is 5.88 Å². The summed E-state index contributed by atoms with van der Waals surface area (Å²) in [5.41, 5.74) is -0.193. The molecule has 2 aromatic rings. The van der Waals surface area contributed by atoms with Crippen LogP contribution in [0, 0.1) is 0 Å². The number of hydrogen-bond donors (Lipinski definition) is 2. The Balaban J connectivity index is 2.12. The quantitative estimate of drug-likeness (QED) is 0.874. The number of fused-ring (bicyclic) bond motifs is 1. The summed E-state index contributed by atoms with van der Waals surface area (Å²) in [5.74, 6) is -0.456. The normalized spacial score (nSPS) is 14.4. The molecule has 0 bridgehead atoms. The number of halogens is 3. The first-order chi connectivity index (χ1) is 10.9. The zero-order valence-corrected chi connectivity index (χ0v) is 12.1. The molecule has 9 heteroatoms. The van der Waals surface area contributed by atoms with Gasteiger partial charge in [-0.15, -0.1) is 0 Å². The molecule has 23 heavy (non-hydrogen) atoms. The third-order valence-electron chi connectivity index (χ3n) is 3.56.